The van der Waals surface area contributed by atoms with Crippen LogP contribution in [0.2, 0.25) is 0 Å². The van der Waals surface area contributed by atoms with Crippen LogP contribution in [0.5, 0.6) is 0 Å². The summed E-state index contributed by atoms with van der Waals surface area (Å²) in [7, 11) is 0. The molecule has 0 bridgehead atoms. The van der Waals surface area contributed by atoms with Crippen molar-refractivity contribution in [2.24, 2.45) is 17.8 Å². The Morgan fingerprint density at radius 1 is 1.45 bits per heavy atom. The molecular formula is C18H26O2. The Morgan fingerprint density at radius 2 is 2.25 bits per heavy atom. The molecule has 1 saturated carbocycles. The summed E-state index contributed by atoms with van der Waals surface area (Å²) in [6.07, 6.45) is 9.48. The first kappa shape index (κ1) is 15.0. The van der Waals surface area contributed by atoms with Crippen molar-refractivity contribution < 1.29 is 9.15 Å². The van der Waals surface area contributed by atoms with E-state index in [1.165, 1.54) is 12.8 Å². The van der Waals surface area contributed by atoms with E-state index in [-0.39, 0.29) is 0 Å². The lowest BCUT2D eigenvalue weighted by Crippen LogP contribution is -2.31. The minimum atomic E-state index is 0.296. The highest BCUT2D eigenvalue weighted by Gasteiger charge is 2.30. The van der Waals surface area contributed by atoms with Gasteiger partial charge in [-0.2, -0.15) is 0 Å². The van der Waals surface area contributed by atoms with Crippen molar-refractivity contribution in [2.45, 2.75) is 46.1 Å². The second kappa shape index (κ2) is 6.83. The lowest BCUT2D eigenvalue weighted by atomic mass is 9.76. The fraction of sp³-hybridized carbons (Fsp3) is 0.556. The molecule has 1 aromatic heterocycles. The molecule has 110 valence electrons. The summed E-state index contributed by atoms with van der Waals surface area (Å²) in [5.74, 6) is 3.67. The number of hydrogen-bond acceptors (Lipinski definition) is 2. The molecule has 1 aromatic rings. The molecule has 2 rings (SSSR count). The SMILES string of the molecule is C=C(/C=C/c1ccco1)O[C@@H]1C[C@H](C(C)C)CC[C@@H]1C. The highest BCUT2D eigenvalue weighted by molar-refractivity contribution is 5.45. The van der Waals surface area contributed by atoms with Crippen LogP contribution in [0.25, 0.3) is 6.08 Å². The topological polar surface area (TPSA) is 22.4 Å². The minimum absolute atomic E-state index is 0.296. The van der Waals surface area contributed by atoms with Gasteiger partial charge >= 0.3 is 0 Å². The van der Waals surface area contributed by atoms with Gasteiger partial charge in [-0.05, 0) is 61.3 Å². The molecule has 0 aromatic carbocycles. The van der Waals surface area contributed by atoms with Crippen LogP contribution in [0.3, 0.4) is 0 Å². The first-order valence-electron chi connectivity index (χ1n) is 7.63. The molecule has 0 unspecified atom stereocenters. The van der Waals surface area contributed by atoms with Crippen LogP contribution < -0.4 is 0 Å². The Morgan fingerprint density at radius 3 is 2.90 bits per heavy atom. The van der Waals surface area contributed by atoms with E-state index < -0.39 is 0 Å². The Balaban J connectivity index is 1.89. The molecule has 0 N–H and O–H groups in total. The molecule has 3 atom stereocenters. The number of hydrogen-bond donors (Lipinski definition) is 0. The van der Waals surface area contributed by atoms with Gasteiger partial charge in [-0.3, -0.25) is 0 Å². The number of furan rings is 1. The number of rotatable bonds is 5. The summed E-state index contributed by atoms with van der Waals surface area (Å²) in [4.78, 5) is 0. The van der Waals surface area contributed by atoms with E-state index in [0.717, 1.165) is 29.8 Å². The van der Waals surface area contributed by atoms with Crippen molar-refractivity contribution in [3.8, 4) is 0 Å². The summed E-state index contributed by atoms with van der Waals surface area (Å²) in [5, 5.41) is 0. The van der Waals surface area contributed by atoms with Crippen LogP contribution in [0.1, 0.15) is 45.8 Å². The van der Waals surface area contributed by atoms with Gasteiger partial charge in [-0.25, -0.2) is 0 Å². The van der Waals surface area contributed by atoms with Gasteiger partial charge in [-0.15, -0.1) is 0 Å². The number of allylic oxidation sites excluding steroid dienone is 1. The second-order valence-corrected chi connectivity index (χ2v) is 6.27. The zero-order chi connectivity index (χ0) is 14.5. The third-order valence-electron chi connectivity index (χ3n) is 4.38. The molecule has 2 nitrogen and oxygen atoms in total. The monoisotopic (exact) mass is 274 g/mol. The maximum atomic E-state index is 6.06. The molecule has 0 saturated heterocycles. The van der Waals surface area contributed by atoms with Crippen LogP contribution in [0.4, 0.5) is 0 Å². The fourth-order valence-corrected chi connectivity index (χ4v) is 2.88. The maximum Gasteiger partial charge on any atom is 0.126 e. The van der Waals surface area contributed by atoms with E-state index in [1.54, 1.807) is 6.26 Å². The van der Waals surface area contributed by atoms with Gasteiger partial charge in [0.2, 0.25) is 0 Å². The maximum absolute atomic E-state index is 6.06. The van der Waals surface area contributed by atoms with E-state index in [1.807, 2.05) is 24.3 Å². The van der Waals surface area contributed by atoms with Gasteiger partial charge in [0.1, 0.15) is 17.6 Å². The number of ether oxygens (including phenoxy) is 1. The van der Waals surface area contributed by atoms with Gasteiger partial charge in [0.25, 0.3) is 0 Å². The third-order valence-corrected chi connectivity index (χ3v) is 4.38. The van der Waals surface area contributed by atoms with Crippen molar-refractivity contribution >= 4 is 6.08 Å². The zero-order valence-electron chi connectivity index (χ0n) is 12.8. The van der Waals surface area contributed by atoms with Crippen LogP contribution in [-0.4, -0.2) is 6.10 Å². The predicted molar refractivity (Wildman–Crippen MR) is 83.1 cm³/mol. The van der Waals surface area contributed by atoms with Crippen molar-refractivity contribution in [3.05, 3.63) is 42.6 Å². The molecule has 0 aliphatic heterocycles. The molecule has 0 radical (unpaired) electrons. The standard InChI is InChI=1S/C18H26O2/c1-13(2)16-9-7-14(3)18(12-16)20-15(4)8-10-17-6-5-11-19-17/h5-6,8,10-11,13-14,16,18H,4,7,9,12H2,1-3H3/b10-8+/t14-,16+,18+/m0/s1. The highest BCUT2D eigenvalue weighted by Crippen LogP contribution is 2.35. The summed E-state index contributed by atoms with van der Waals surface area (Å²) >= 11 is 0. The van der Waals surface area contributed by atoms with Crippen molar-refractivity contribution in [1.29, 1.82) is 0 Å². The Labute approximate surface area is 122 Å². The molecule has 2 heteroatoms. The smallest absolute Gasteiger partial charge is 0.126 e. The van der Waals surface area contributed by atoms with E-state index in [2.05, 4.69) is 27.4 Å². The fourth-order valence-electron chi connectivity index (χ4n) is 2.88. The first-order chi connectivity index (χ1) is 9.56. The Kier molecular flexibility index (Phi) is 5.11. The van der Waals surface area contributed by atoms with Crippen molar-refractivity contribution in [3.63, 3.8) is 0 Å². The van der Waals surface area contributed by atoms with Gasteiger partial charge in [0, 0.05) is 0 Å². The molecule has 1 aliphatic carbocycles. The molecule has 1 aliphatic rings. The van der Waals surface area contributed by atoms with E-state index >= 15 is 0 Å². The molecule has 1 heterocycles. The van der Waals surface area contributed by atoms with Crippen LogP contribution in [0.15, 0.2) is 41.2 Å². The summed E-state index contributed by atoms with van der Waals surface area (Å²) in [5.41, 5.74) is 0. The average Bonchev–Trinajstić information content (AvgIpc) is 2.92. The predicted octanol–water partition coefficient (Wildman–Crippen LogP) is 5.28. The zero-order valence-corrected chi connectivity index (χ0v) is 12.8. The van der Waals surface area contributed by atoms with Crippen molar-refractivity contribution in [2.75, 3.05) is 0 Å². The quantitative estimate of drug-likeness (QED) is 0.538. The van der Waals surface area contributed by atoms with E-state index in [4.69, 9.17) is 9.15 Å². The van der Waals surface area contributed by atoms with Gasteiger partial charge in [0.15, 0.2) is 0 Å². The molecule has 0 amide bonds. The molecular weight excluding hydrogens is 248 g/mol. The average molecular weight is 274 g/mol. The lowest BCUT2D eigenvalue weighted by Gasteiger charge is -2.36. The normalized spacial score (nSPS) is 27.1. The molecule has 1 fully saturated rings. The Hall–Kier alpha value is -1.44. The third kappa shape index (κ3) is 4.03. The second-order valence-electron chi connectivity index (χ2n) is 6.27. The highest BCUT2D eigenvalue weighted by atomic mass is 16.5. The van der Waals surface area contributed by atoms with Gasteiger partial charge in [0.05, 0.1) is 6.26 Å². The van der Waals surface area contributed by atoms with Crippen LogP contribution in [-0.2, 0) is 4.74 Å². The van der Waals surface area contributed by atoms with Crippen molar-refractivity contribution in [1.82, 2.24) is 0 Å². The largest absolute Gasteiger partial charge is 0.491 e. The Bertz CT molecular complexity index is 442. The van der Waals surface area contributed by atoms with Crippen LogP contribution in [0, 0.1) is 17.8 Å². The van der Waals surface area contributed by atoms with Gasteiger partial charge in [-0.1, -0.05) is 27.4 Å². The summed E-state index contributed by atoms with van der Waals surface area (Å²) < 4.78 is 11.3. The summed E-state index contributed by atoms with van der Waals surface area (Å²) in [6, 6.07) is 3.79. The van der Waals surface area contributed by atoms with E-state index in [9.17, 15) is 0 Å². The first-order valence-corrected chi connectivity index (χ1v) is 7.63. The lowest BCUT2D eigenvalue weighted by molar-refractivity contribution is 0.0174. The minimum Gasteiger partial charge on any atom is -0.491 e. The van der Waals surface area contributed by atoms with Crippen LogP contribution >= 0.6 is 0 Å². The summed E-state index contributed by atoms with van der Waals surface area (Å²) in [6.45, 7) is 10.9. The van der Waals surface area contributed by atoms with E-state index in [0.29, 0.717) is 12.0 Å². The molecule has 0 spiro atoms. The molecule has 20 heavy (non-hydrogen) atoms. The van der Waals surface area contributed by atoms with Gasteiger partial charge < -0.3 is 9.15 Å².